The Bertz CT molecular complexity index is 378. The number of nitrogens with one attached hydrogen (secondary N) is 1. The van der Waals surface area contributed by atoms with Crippen LogP contribution >= 0.6 is 52.1 Å². The first-order valence-corrected chi connectivity index (χ1v) is 8.15. The third-order valence-electron chi connectivity index (χ3n) is 4.03. The molecular weight excluding hydrogens is 367 g/mol. The first kappa shape index (κ1) is 17.7. The lowest BCUT2D eigenvalue weighted by atomic mass is 9.78. The number of hydrogen-bond acceptors (Lipinski definition) is 3. The van der Waals surface area contributed by atoms with Gasteiger partial charge in [0.05, 0.1) is 3.79 Å². The Balaban J connectivity index is 0.000000902. The van der Waals surface area contributed by atoms with Crippen molar-refractivity contribution in [3.05, 3.63) is 20.8 Å². The minimum Gasteiger partial charge on any atom is -0.314 e. The second-order valence-electron chi connectivity index (χ2n) is 5.06. The van der Waals surface area contributed by atoms with Crippen molar-refractivity contribution in [3.8, 4) is 0 Å². The Morgan fingerprint density at radius 2 is 1.89 bits per heavy atom. The molecule has 2 heterocycles. The molecule has 1 saturated carbocycles. The van der Waals surface area contributed by atoms with Gasteiger partial charge in [0.25, 0.3) is 0 Å². The maximum Gasteiger partial charge on any atom is 0.0701 e. The van der Waals surface area contributed by atoms with Crippen LogP contribution < -0.4 is 5.32 Å². The normalized spacial score (nSPS) is 21.9. The lowest BCUT2D eigenvalue weighted by molar-refractivity contribution is 0.0860. The highest BCUT2D eigenvalue weighted by Gasteiger charge is 2.34. The smallest absolute Gasteiger partial charge is 0.0701 e. The molecule has 19 heavy (non-hydrogen) atoms. The highest BCUT2D eigenvalue weighted by atomic mass is 79.9. The van der Waals surface area contributed by atoms with Crippen LogP contribution in [0.3, 0.4) is 0 Å². The van der Waals surface area contributed by atoms with E-state index in [9.17, 15) is 0 Å². The molecule has 2 fully saturated rings. The zero-order valence-corrected chi connectivity index (χ0v) is 14.8. The van der Waals surface area contributed by atoms with E-state index < -0.39 is 0 Å². The number of rotatable bonds is 3. The molecule has 0 amide bonds. The monoisotopic (exact) mass is 386 g/mol. The third-order valence-corrected chi connectivity index (χ3v) is 5.72. The fourth-order valence-electron chi connectivity index (χ4n) is 2.91. The molecule has 2 nitrogen and oxygen atoms in total. The van der Waals surface area contributed by atoms with Crippen molar-refractivity contribution >= 4 is 52.1 Å². The van der Waals surface area contributed by atoms with Gasteiger partial charge in [-0.15, -0.1) is 36.2 Å². The molecule has 0 bridgehead atoms. The van der Waals surface area contributed by atoms with Gasteiger partial charge in [-0.05, 0) is 46.8 Å². The van der Waals surface area contributed by atoms with Crippen LogP contribution in [0.2, 0.25) is 0 Å². The quantitative estimate of drug-likeness (QED) is 0.839. The summed E-state index contributed by atoms with van der Waals surface area (Å²) in [7, 11) is 0. The number of hydrogen-bond donors (Lipinski definition) is 1. The van der Waals surface area contributed by atoms with E-state index in [1.165, 1.54) is 36.1 Å². The second-order valence-corrected chi connectivity index (χ2v) is 7.56. The average Bonchev–Trinajstić information content (AvgIpc) is 2.71. The van der Waals surface area contributed by atoms with Gasteiger partial charge >= 0.3 is 0 Å². The van der Waals surface area contributed by atoms with Crippen LogP contribution in [0.25, 0.3) is 0 Å². The fraction of sp³-hybridized carbons (Fsp3) is 0.692. The van der Waals surface area contributed by atoms with Crippen molar-refractivity contribution in [1.29, 1.82) is 0 Å². The van der Waals surface area contributed by atoms with Crippen molar-refractivity contribution in [1.82, 2.24) is 10.2 Å². The van der Waals surface area contributed by atoms with Crippen molar-refractivity contribution in [2.75, 3.05) is 26.2 Å². The molecule has 3 rings (SSSR count). The molecular formula is C13H21BrCl2N2S. The summed E-state index contributed by atoms with van der Waals surface area (Å²) >= 11 is 5.52. The average molecular weight is 388 g/mol. The molecule has 1 atom stereocenters. The first-order chi connectivity index (χ1) is 8.34. The van der Waals surface area contributed by atoms with Crippen LogP contribution in [0, 0.1) is 5.92 Å². The van der Waals surface area contributed by atoms with Crippen LogP contribution in [0.1, 0.15) is 30.2 Å². The molecule has 1 aliphatic carbocycles. The summed E-state index contributed by atoms with van der Waals surface area (Å²) in [6, 6.07) is 5.20. The highest BCUT2D eigenvalue weighted by molar-refractivity contribution is 9.11. The topological polar surface area (TPSA) is 15.3 Å². The van der Waals surface area contributed by atoms with Gasteiger partial charge in [-0.2, -0.15) is 0 Å². The van der Waals surface area contributed by atoms with Crippen molar-refractivity contribution in [2.45, 2.75) is 25.3 Å². The summed E-state index contributed by atoms with van der Waals surface area (Å²) in [5, 5.41) is 3.45. The predicted molar refractivity (Wildman–Crippen MR) is 91.0 cm³/mol. The van der Waals surface area contributed by atoms with Gasteiger partial charge in [0.2, 0.25) is 0 Å². The van der Waals surface area contributed by atoms with Gasteiger partial charge in [0.1, 0.15) is 0 Å². The Morgan fingerprint density at radius 1 is 1.21 bits per heavy atom. The largest absolute Gasteiger partial charge is 0.314 e. The summed E-state index contributed by atoms with van der Waals surface area (Å²) in [6.07, 6.45) is 4.27. The maximum absolute atomic E-state index is 3.60. The van der Waals surface area contributed by atoms with E-state index in [0.717, 1.165) is 19.0 Å². The SMILES string of the molecule is Brc1ccc([C@@H](C2CCC2)N2CCNCC2)s1.Cl.Cl. The molecule has 1 N–H and O–H groups in total. The second kappa shape index (κ2) is 8.20. The van der Waals surface area contributed by atoms with E-state index in [-0.39, 0.29) is 24.8 Å². The Labute approximate surface area is 140 Å². The predicted octanol–water partition coefficient (Wildman–Crippen LogP) is 4.10. The summed E-state index contributed by atoms with van der Waals surface area (Å²) in [5.74, 6) is 0.902. The lowest BCUT2D eigenvalue weighted by Gasteiger charge is -2.42. The Kier molecular flexibility index (Phi) is 7.65. The van der Waals surface area contributed by atoms with Gasteiger partial charge < -0.3 is 5.32 Å². The van der Waals surface area contributed by atoms with E-state index in [2.05, 4.69) is 38.3 Å². The summed E-state index contributed by atoms with van der Waals surface area (Å²) in [4.78, 5) is 4.25. The Hall–Kier alpha value is 0.680. The summed E-state index contributed by atoms with van der Waals surface area (Å²) < 4.78 is 1.27. The number of halogens is 3. The van der Waals surface area contributed by atoms with Gasteiger partial charge in [-0.25, -0.2) is 0 Å². The summed E-state index contributed by atoms with van der Waals surface area (Å²) in [6.45, 7) is 4.71. The van der Waals surface area contributed by atoms with E-state index in [1.807, 2.05) is 11.3 Å². The molecule has 0 spiro atoms. The lowest BCUT2D eigenvalue weighted by Crippen LogP contribution is -2.47. The van der Waals surface area contributed by atoms with Gasteiger partial charge in [0.15, 0.2) is 0 Å². The molecule has 0 unspecified atom stereocenters. The van der Waals surface area contributed by atoms with E-state index >= 15 is 0 Å². The van der Waals surface area contributed by atoms with E-state index in [4.69, 9.17) is 0 Å². The molecule has 6 heteroatoms. The van der Waals surface area contributed by atoms with Crippen molar-refractivity contribution in [3.63, 3.8) is 0 Å². The minimum absolute atomic E-state index is 0. The van der Waals surface area contributed by atoms with Crippen LogP contribution in [0.15, 0.2) is 15.9 Å². The Morgan fingerprint density at radius 3 is 2.37 bits per heavy atom. The molecule has 0 radical (unpaired) electrons. The van der Waals surface area contributed by atoms with Gasteiger partial charge in [0, 0.05) is 37.1 Å². The molecule has 0 aromatic carbocycles. The number of piperazine rings is 1. The molecule has 1 aliphatic heterocycles. The third kappa shape index (κ3) is 4.08. The molecule has 1 aromatic rings. The van der Waals surface area contributed by atoms with Crippen LogP contribution in [0.4, 0.5) is 0 Å². The molecule has 1 aromatic heterocycles. The first-order valence-electron chi connectivity index (χ1n) is 6.54. The maximum atomic E-state index is 3.60. The zero-order valence-electron chi connectivity index (χ0n) is 10.8. The van der Waals surface area contributed by atoms with Crippen LogP contribution in [0.5, 0.6) is 0 Å². The minimum atomic E-state index is 0. The van der Waals surface area contributed by atoms with E-state index in [0.29, 0.717) is 6.04 Å². The van der Waals surface area contributed by atoms with Gasteiger partial charge in [-0.3, -0.25) is 4.90 Å². The van der Waals surface area contributed by atoms with E-state index in [1.54, 1.807) is 4.88 Å². The zero-order chi connectivity index (χ0) is 11.7. The van der Waals surface area contributed by atoms with Gasteiger partial charge in [-0.1, -0.05) is 6.42 Å². The molecule has 2 aliphatic rings. The van der Waals surface area contributed by atoms with Crippen LogP contribution in [-0.2, 0) is 0 Å². The molecule has 1 saturated heterocycles. The number of nitrogens with zero attached hydrogens (tertiary/aromatic N) is 1. The van der Waals surface area contributed by atoms with Crippen molar-refractivity contribution in [2.24, 2.45) is 5.92 Å². The van der Waals surface area contributed by atoms with Crippen molar-refractivity contribution < 1.29 is 0 Å². The summed E-state index contributed by atoms with van der Waals surface area (Å²) in [5.41, 5.74) is 0. The fourth-order valence-corrected chi connectivity index (χ4v) is 4.57. The highest BCUT2D eigenvalue weighted by Crippen LogP contribution is 2.44. The number of thiophene rings is 1. The molecule has 110 valence electrons. The van der Waals surface area contributed by atoms with Crippen LogP contribution in [-0.4, -0.2) is 31.1 Å². The standard InChI is InChI=1S/C13H19BrN2S.2ClH/c14-12-5-4-11(17-12)13(10-2-1-3-10)16-8-6-15-7-9-16;;/h4-5,10,13,15H,1-3,6-9H2;2*1H/t13-;;/m1../s1.